The molecule has 39 heteroatoms. The highest BCUT2D eigenvalue weighted by molar-refractivity contribution is 5.98. The minimum atomic E-state index is -5.19. The molecule has 20 N–H and O–H groups in total. The van der Waals surface area contributed by atoms with E-state index in [1.165, 1.54) is 4.90 Å². The summed E-state index contributed by atoms with van der Waals surface area (Å²) in [4.78, 5) is 78.3. The van der Waals surface area contributed by atoms with Gasteiger partial charge in [-0.2, -0.15) is 39.5 Å². The first kappa shape index (κ1) is 74.8. The third kappa shape index (κ3) is 23.5. The number of anilines is 1. The lowest BCUT2D eigenvalue weighted by molar-refractivity contribution is -0.676. The number of nitrogen functional groups attached to an aromatic ring is 1. The number of carbonyl (C=O) groups excluding carboxylic acids is 4. The largest absolute Gasteiger partial charge is 0.542 e. The highest BCUT2D eigenvalue weighted by atomic mass is 19.4. The third-order valence-corrected chi connectivity index (χ3v) is 11.5. The normalized spacial score (nSPS) is 15.1. The number of alkyl halides is 9. The number of aliphatic carboxylic acids is 3. The quantitative estimate of drug-likeness (QED) is 0.0150. The number of nitrogens with two attached hydrogens (primary N) is 2. The van der Waals surface area contributed by atoms with Crippen LogP contribution in [-0.2, 0) is 38.8 Å². The van der Waals surface area contributed by atoms with E-state index >= 15 is 0 Å². The second kappa shape index (κ2) is 33.9. The number of carboxylic acids is 3. The topological polar surface area (TPSA) is 510 Å². The second-order valence-electron chi connectivity index (χ2n) is 17.5. The number of halogens is 9. The van der Waals surface area contributed by atoms with Gasteiger partial charge in [0.15, 0.2) is 28.2 Å². The third-order valence-electron chi connectivity index (χ3n) is 11.5. The number of aryl methyl sites for hydroxylation is 2. The molecule has 0 saturated carbocycles. The molecule has 0 aliphatic rings. The summed E-state index contributed by atoms with van der Waals surface area (Å²) in [5, 5.41) is 131. The van der Waals surface area contributed by atoms with E-state index in [2.05, 4.69) is 30.9 Å². The van der Waals surface area contributed by atoms with Crippen LogP contribution in [0.3, 0.4) is 0 Å². The number of fused-ring (bicyclic) bond motifs is 2. The number of hydrogen-bond acceptors (Lipinski definition) is 22. The van der Waals surface area contributed by atoms with Crippen LogP contribution in [0, 0.1) is 0 Å². The first-order valence-corrected chi connectivity index (χ1v) is 24.3. The van der Waals surface area contributed by atoms with Crippen LogP contribution in [0.2, 0.25) is 0 Å². The van der Waals surface area contributed by atoms with Gasteiger partial charge in [-0.1, -0.05) is 0 Å². The fourth-order valence-electron chi connectivity index (χ4n) is 7.21. The molecule has 30 nitrogen and oxygen atoms in total. The van der Waals surface area contributed by atoms with E-state index in [0.29, 0.717) is 29.8 Å². The number of H-pyrrole nitrogens is 1. The molecule has 0 bridgehead atoms. The monoisotopic (exact) mass is 1230 g/mol. The highest BCUT2D eigenvalue weighted by Crippen LogP contribution is 2.20. The van der Waals surface area contributed by atoms with Crippen molar-refractivity contribution in [3.63, 3.8) is 0 Å². The van der Waals surface area contributed by atoms with Crippen molar-refractivity contribution in [2.45, 2.75) is 120 Å². The predicted molar refractivity (Wildman–Crippen MR) is 263 cm³/mol. The smallest absolute Gasteiger partial charge is 0.490 e. The zero-order valence-corrected chi connectivity index (χ0v) is 44.1. The molecule has 4 aromatic rings. The van der Waals surface area contributed by atoms with Gasteiger partial charge in [0.2, 0.25) is 5.91 Å². The first-order valence-electron chi connectivity index (χ1n) is 24.3. The van der Waals surface area contributed by atoms with Crippen LogP contribution in [0.4, 0.5) is 45.3 Å². The zero-order valence-electron chi connectivity index (χ0n) is 44.1. The molecule has 0 aliphatic carbocycles. The van der Waals surface area contributed by atoms with Gasteiger partial charge < -0.3 is 104 Å². The standard InChI is InChI=1S/C39H61N11O13.3C2HF3O2/c1-3-49-23-7-6-20(14-24(23)50(4-2)29(49)15-45-39(63)30-35(40)47-37-22(46-30)9-11-43-37)38(62)44-12-8-21(36(41)61)42-10-5-13-48(16-25(53)31(57)33(59)27(55)18-51)17-26(54)32(58)34(60)28(56)19-52;3*3-2(4,5)1(6)7/h6-7,9,11,14,21,25-28,31-34,42,51-60H,3-5,8,10,12-13,15-19H2,1-2H3,(H6-,40,41,43,44,45,46,47,61,62,63);3*(H,6,7)/t21-,25-,26-,27+,28+,31+,32+,33+,34+;;;/m0.../s1. The molecule has 4 rings (SSSR count). The zero-order chi connectivity index (χ0) is 64.8. The summed E-state index contributed by atoms with van der Waals surface area (Å²) >= 11 is 0. The van der Waals surface area contributed by atoms with Crippen molar-refractivity contribution in [1.82, 2.24) is 40.4 Å². The van der Waals surface area contributed by atoms with E-state index < -0.39 is 135 Å². The summed E-state index contributed by atoms with van der Waals surface area (Å²) < 4.78 is 99.0. The van der Waals surface area contributed by atoms with Crippen LogP contribution < -0.4 is 37.1 Å². The minimum Gasteiger partial charge on any atom is -0.542 e. The number of aromatic nitrogens is 5. The van der Waals surface area contributed by atoms with E-state index in [1.807, 2.05) is 29.0 Å². The Kier molecular flexibility index (Phi) is 30.2. The van der Waals surface area contributed by atoms with Crippen molar-refractivity contribution in [2.75, 3.05) is 51.7 Å². The Morgan fingerprint density at radius 3 is 1.65 bits per heavy atom. The second-order valence-corrected chi connectivity index (χ2v) is 17.5. The average Bonchev–Trinajstić information content (AvgIpc) is 2.24. The molecule has 9 atom stereocenters. The number of amides is 3. The van der Waals surface area contributed by atoms with Gasteiger partial charge >= 0.3 is 30.5 Å². The van der Waals surface area contributed by atoms with Gasteiger partial charge in [0.25, 0.3) is 17.6 Å². The molecule has 0 radical (unpaired) electrons. The van der Waals surface area contributed by atoms with Crippen molar-refractivity contribution >= 4 is 63.6 Å². The van der Waals surface area contributed by atoms with E-state index in [1.54, 1.807) is 24.4 Å². The van der Waals surface area contributed by atoms with E-state index in [9.17, 15) is 94.7 Å². The van der Waals surface area contributed by atoms with Crippen molar-refractivity contribution in [3.8, 4) is 0 Å². The molecule has 84 heavy (non-hydrogen) atoms. The summed E-state index contributed by atoms with van der Waals surface area (Å²) in [7, 11) is 0. The van der Waals surface area contributed by atoms with Gasteiger partial charge in [-0.3, -0.25) is 19.3 Å². The number of benzene rings is 1. The number of imidazole rings is 1. The number of primary amides is 1. The van der Waals surface area contributed by atoms with Gasteiger partial charge in [-0.15, -0.1) is 0 Å². The average molecular weight is 1230 g/mol. The molecular weight excluding hydrogens is 1170 g/mol. The summed E-state index contributed by atoms with van der Waals surface area (Å²) in [6, 6.07) is 6.00. The number of aliphatic hydroxyl groups excluding tert-OH is 10. The molecule has 3 heterocycles. The molecule has 3 aromatic heterocycles. The number of nitrogens with zero attached hydrogens (tertiary/aromatic N) is 5. The van der Waals surface area contributed by atoms with Gasteiger partial charge in [0, 0.05) is 37.5 Å². The summed E-state index contributed by atoms with van der Waals surface area (Å²) in [6.07, 6.45) is -28.2. The van der Waals surface area contributed by atoms with Crippen LogP contribution in [0.25, 0.3) is 22.2 Å². The first-order chi connectivity index (χ1) is 38.8. The summed E-state index contributed by atoms with van der Waals surface area (Å²) in [5.41, 5.74) is 14.5. The van der Waals surface area contributed by atoms with E-state index in [4.69, 9.17) is 51.4 Å². The van der Waals surface area contributed by atoms with E-state index in [0.717, 1.165) is 16.9 Å². The maximum absolute atomic E-state index is 13.4. The van der Waals surface area contributed by atoms with Crippen molar-refractivity contribution in [2.24, 2.45) is 5.73 Å². The predicted octanol–water partition coefficient (Wildman–Crippen LogP) is -5.56. The molecule has 0 spiro atoms. The summed E-state index contributed by atoms with van der Waals surface area (Å²) in [6.45, 7) is 2.57. The van der Waals surface area contributed by atoms with Crippen LogP contribution in [0.5, 0.6) is 0 Å². The van der Waals surface area contributed by atoms with Gasteiger partial charge in [-0.05, 0) is 58.0 Å². The lowest BCUT2D eigenvalue weighted by atomic mass is 10.0. The SMILES string of the molecule is CCn1c(CNC(=O)c2nc3cc[nH]c3nc2N)[n+](CC)c2ccc(C(=O)NCC[C@H](NCCCN(C[C@H](O)[C@@H](O)[C@H](O)[C@H](O)CO)C[C@H](O)[C@@H](O)[C@H](O)[C@H](O)CO)C(N)=O)cc21.O=C(O)C(F)(F)F.O=C(O)C(F)(F)F.O=C([O-])C(F)(F)F. The Labute approximate surface area is 467 Å². The Bertz CT molecular complexity index is 2690. The fraction of sp³-hybridized carbons (Fsp3) is 0.578. The number of aliphatic hydroxyl groups is 10. The minimum absolute atomic E-state index is 0.00231. The summed E-state index contributed by atoms with van der Waals surface area (Å²) in [5.74, 6) is -9.40. The Morgan fingerprint density at radius 1 is 0.738 bits per heavy atom. The number of hydrogen-bond donors (Lipinski definition) is 18. The number of aromatic amines is 1. The fourth-order valence-corrected chi connectivity index (χ4v) is 7.21. The van der Waals surface area contributed by atoms with Gasteiger partial charge in [0.05, 0.1) is 44.6 Å². The number of carboxylic acid groups (broad SMARTS) is 3. The Hall–Kier alpha value is -7.18. The molecule has 0 saturated heterocycles. The van der Waals surface area contributed by atoms with Crippen LogP contribution in [0.1, 0.15) is 53.4 Å². The molecular formula is C45H64F9N11O19. The lowest BCUT2D eigenvalue weighted by Crippen LogP contribution is -2.53. The van der Waals surface area contributed by atoms with E-state index in [-0.39, 0.29) is 50.5 Å². The number of carbonyl (C=O) groups is 6. The van der Waals surface area contributed by atoms with Gasteiger partial charge in [-0.25, -0.2) is 28.7 Å². The Balaban J connectivity index is 0.00000142. The molecule has 3 amide bonds. The lowest BCUT2D eigenvalue weighted by Gasteiger charge is -2.33. The number of nitrogens with one attached hydrogen (secondary N) is 4. The maximum atomic E-state index is 13.4. The van der Waals surface area contributed by atoms with Crippen LogP contribution in [0.15, 0.2) is 30.5 Å². The Morgan fingerprint density at radius 2 is 1.23 bits per heavy atom. The van der Waals surface area contributed by atoms with Crippen LogP contribution >= 0.6 is 0 Å². The number of rotatable bonds is 27. The highest BCUT2D eigenvalue weighted by Gasteiger charge is 2.39. The molecule has 1 aromatic carbocycles. The molecule has 0 aliphatic heterocycles. The maximum Gasteiger partial charge on any atom is 0.490 e. The van der Waals surface area contributed by atoms with Gasteiger partial charge in [0.1, 0.15) is 54.7 Å². The van der Waals surface area contributed by atoms with Crippen molar-refractivity contribution < 1.29 is 139 Å². The van der Waals surface area contributed by atoms with Crippen molar-refractivity contribution in [1.29, 1.82) is 0 Å². The molecule has 476 valence electrons. The molecule has 0 unspecified atom stereocenters. The molecule has 0 fully saturated rings. The van der Waals surface area contributed by atoms with Crippen LogP contribution in [-0.4, -0.2) is 241 Å². The van der Waals surface area contributed by atoms with Crippen molar-refractivity contribution in [3.05, 3.63) is 47.5 Å².